The number of hydrogen-bond acceptors (Lipinski definition) is 3. The monoisotopic (exact) mass is 401 g/mol. The molecule has 0 aliphatic rings. The zero-order valence-corrected chi connectivity index (χ0v) is 16.4. The highest BCUT2D eigenvalue weighted by Gasteiger charge is 2.30. The molecule has 1 unspecified atom stereocenters. The van der Waals surface area contributed by atoms with Crippen LogP contribution in [0.3, 0.4) is 0 Å². The average Bonchev–Trinajstić information content (AvgIpc) is 2.86. The number of fused-ring (bicyclic) bond motifs is 1. The van der Waals surface area contributed by atoms with Crippen molar-refractivity contribution in [2.24, 2.45) is 0 Å². The minimum absolute atomic E-state index is 0.00987. The predicted molar refractivity (Wildman–Crippen MR) is 107 cm³/mol. The van der Waals surface area contributed by atoms with Gasteiger partial charge in [0.05, 0.1) is 5.56 Å². The van der Waals surface area contributed by atoms with Crippen LogP contribution in [0, 0.1) is 6.92 Å². The molecule has 1 aromatic heterocycles. The van der Waals surface area contributed by atoms with Gasteiger partial charge in [-0.1, -0.05) is 23.7 Å². The Labute approximate surface area is 166 Å². The van der Waals surface area contributed by atoms with E-state index in [1.807, 2.05) is 18.4 Å². The van der Waals surface area contributed by atoms with Gasteiger partial charge in [0, 0.05) is 27.7 Å². The molecule has 3 N–H and O–H groups in total. The third-order valence-corrected chi connectivity index (χ3v) is 5.05. The first kappa shape index (κ1) is 19.8. The quantitative estimate of drug-likeness (QED) is 0.570. The number of benzene rings is 2. The predicted octanol–water partition coefficient (Wildman–Crippen LogP) is 4.80. The van der Waals surface area contributed by atoms with Gasteiger partial charge in [-0.2, -0.15) is 0 Å². The van der Waals surface area contributed by atoms with E-state index in [9.17, 15) is 24.9 Å². The maximum absolute atomic E-state index is 12.2. The number of nitrogens with zero attached hydrogens (tertiary/aromatic N) is 1. The molecule has 1 atom stereocenters. The Balaban J connectivity index is 2.42. The fraction of sp³-hybridized carbons (Fsp3) is 0.238. The second-order valence-corrected chi connectivity index (χ2v) is 7.42. The van der Waals surface area contributed by atoms with Crippen molar-refractivity contribution in [3.05, 3.63) is 63.8 Å². The van der Waals surface area contributed by atoms with E-state index in [-0.39, 0.29) is 27.9 Å². The van der Waals surface area contributed by atoms with Crippen molar-refractivity contribution in [3.8, 4) is 5.75 Å². The lowest BCUT2D eigenvalue weighted by Gasteiger charge is -2.17. The third-order valence-electron chi connectivity index (χ3n) is 4.83. The summed E-state index contributed by atoms with van der Waals surface area (Å²) in [6, 6.07) is 9.20. The number of carboxylic acid groups (broad SMARTS) is 2. The Morgan fingerprint density at radius 1 is 1.11 bits per heavy atom. The molecule has 0 aliphatic heterocycles. The Morgan fingerprint density at radius 2 is 1.79 bits per heavy atom. The highest BCUT2D eigenvalue weighted by molar-refractivity contribution is 6.30. The molecule has 0 fully saturated rings. The number of hydrogen-bond donors (Lipinski definition) is 3. The molecule has 3 rings (SSSR count). The van der Waals surface area contributed by atoms with Crippen LogP contribution in [0.2, 0.25) is 5.02 Å². The number of phenols is 1. The van der Waals surface area contributed by atoms with Crippen LogP contribution in [-0.4, -0.2) is 31.8 Å². The van der Waals surface area contributed by atoms with E-state index in [0.29, 0.717) is 22.2 Å². The van der Waals surface area contributed by atoms with Crippen LogP contribution >= 0.6 is 11.6 Å². The van der Waals surface area contributed by atoms with Crippen LogP contribution in [0.15, 0.2) is 36.4 Å². The van der Waals surface area contributed by atoms with E-state index in [2.05, 4.69) is 0 Å². The molecule has 146 valence electrons. The van der Waals surface area contributed by atoms with Crippen LogP contribution in [0.4, 0.5) is 0 Å². The first-order chi connectivity index (χ1) is 13.1. The summed E-state index contributed by atoms with van der Waals surface area (Å²) in [7, 11) is 0. The number of aromatic nitrogens is 1. The summed E-state index contributed by atoms with van der Waals surface area (Å²) < 4.78 is 1.89. The molecule has 0 amide bonds. The summed E-state index contributed by atoms with van der Waals surface area (Å²) >= 11 is 6.01. The van der Waals surface area contributed by atoms with E-state index < -0.39 is 17.9 Å². The largest absolute Gasteiger partial charge is 0.508 e. The highest BCUT2D eigenvalue weighted by Crippen LogP contribution is 2.38. The summed E-state index contributed by atoms with van der Waals surface area (Å²) in [4.78, 5) is 24.2. The average molecular weight is 402 g/mol. The van der Waals surface area contributed by atoms with E-state index >= 15 is 0 Å². The normalized spacial score (nSPS) is 12.5. The molecule has 0 aliphatic carbocycles. The summed E-state index contributed by atoms with van der Waals surface area (Å²) in [5.74, 6) is -3.63. The van der Waals surface area contributed by atoms with Gasteiger partial charge >= 0.3 is 11.9 Å². The second kappa shape index (κ2) is 7.20. The minimum Gasteiger partial charge on any atom is -0.508 e. The molecule has 2 aromatic carbocycles. The Kier molecular flexibility index (Phi) is 5.08. The van der Waals surface area contributed by atoms with Crippen molar-refractivity contribution in [3.63, 3.8) is 0 Å². The van der Waals surface area contributed by atoms with Gasteiger partial charge in [-0.25, -0.2) is 4.79 Å². The molecule has 28 heavy (non-hydrogen) atoms. The van der Waals surface area contributed by atoms with Crippen molar-refractivity contribution in [1.29, 1.82) is 0 Å². The molecule has 3 aromatic rings. The molecule has 7 heteroatoms. The third kappa shape index (κ3) is 3.20. The van der Waals surface area contributed by atoms with Crippen LogP contribution in [0.25, 0.3) is 10.9 Å². The van der Waals surface area contributed by atoms with E-state index in [0.717, 1.165) is 0 Å². The van der Waals surface area contributed by atoms with Gasteiger partial charge in [-0.3, -0.25) is 4.79 Å². The van der Waals surface area contributed by atoms with E-state index in [1.165, 1.54) is 18.2 Å². The lowest BCUT2D eigenvalue weighted by molar-refractivity contribution is -0.137. The fourth-order valence-electron chi connectivity index (χ4n) is 3.90. The zero-order valence-electron chi connectivity index (χ0n) is 15.6. The van der Waals surface area contributed by atoms with Gasteiger partial charge in [0.1, 0.15) is 11.7 Å². The molecule has 6 nitrogen and oxygen atoms in total. The fourth-order valence-corrected chi connectivity index (χ4v) is 4.14. The minimum atomic E-state index is -1.19. The number of rotatable bonds is 5. The van der Waals surface area contributed by atoms with Gasteiger partial charge in [0.15, 0.2) is 0 Å². The molecular formula is C21H20ClNO5. The van der Waals surface area contributed by atoms with Crippen molar-refractivity contribution >= 4 is 34.4 Å². The van der Waals surface area contributed by atoms with Crippen molar-refractivity contribution < 1.29 is 24.9 Å². The van der Waals surface area contributed by atoms with Crippen molar-refractivity contribution in [2.45, 2.75) is 32.7 Å². The van der Waals surface area contributed by atoms with Gasteiger partial charge in [0.25, 0.3) is 0 Å². The number of phenolic OH excluding ortho intramolecular Hbond substituents is 1. The zero-order chi connectivity index (χ0) is 20.7. The molecule has 0 radical (unpaired) electrons. The topological polar surface area (TPSA) is 99.8 Å². The van der Waals surface area contributed by atoms with Crippen molar-refractivity contribution in [1.82, 2.24) is 4.57 Å². The number of aromatic carboxylic acids is 1. The first-order valence-electron chi connectivity index (χ1n) is 8.72. The van der Waals surface area contributed by atoms with Gasteiger partial charge in [0.2, 0.25) is 0 Å². The lowest BCUT2D eigenvalue weighted by atomic mass is 9.87. The van der Waals surface area contributed by atoms with Crippen molar-refractivity contribution in [2.75, 3.05) is 0 Å². The first-order valence-corrected chi connectivity index (χ1v) is 9.10. The van der Waals surface area contributed by atoms with Crippen LogP contribution in [0.5, 0.6) is 5.75 Å². The molecular weight excluding hydrogens is 382 g/mol. The summed E-state index contributed by atoms with van der Waals surface area (Å²) in [5.41, 5.74) is 1.91. The SMILES string of the molecule is Cc1c(C(=O)O)c2c(C(C(=O)O)c3cc(O)cc(Cl)c3)cccc2n1C(C)C. The van der Waals surface area contributed by atoms with E-state index in [1.54, 1.807) is 25.1 Å². The Bertz CT molecular complexity index is 1080. The van der Waals surface area contributed by atoms with Crippen LogP contribution in [-0.2, 0) is 4.79 Å². The summed E-state index contributed by atoms with van der Waals surface area (Å²) in [5, 5.41) is 30.3. The standard InChI is InChI=1S/C21H20ClNO5/c1-10(2)23-11(3)17(20(25)26)19-15(5-4-6-16(19)23)18(21(27)28)12-7-13(22)9-14(24)8-12/h4-10,18,24H,1-3H3,(H,25,26)(H,27,28). The molecule has 0 saturated heterocycles. The van der Waals surface area contributed by atoms with Crippen LogP contribution < -0.4 is 0 Å². The molecule has 0 spiro atoms. The molecule has 0 saturated carbocycles. The number of carbonyl (C=O) groups is 2. The smallest absolute Gasteiger partial charge is 0.338 e. The van der Waals surface area contributed by atoms with E-state index in [4.69, 9.17) is 11.6 Å². The second-order valence-electron chi connectivity index (χ2n) is 6.98. The maximum Gasteiger partial charge on any atom is 0.338 e. The highest BCUT2D eigenvalue weighted by atomic mass is 35.5. The maximum atomic E-state index is 12.2. The number of halogens is 1. The summed E-state index contributed by atoms with van der Waals surface area (Å²) in [6.45, 7) is 5.59. The molecule has 1 heterocycles. The van der Waals surface area contributed by atoms with Gasteiger partial charge < -0.3 is 19.9 Å². The van der Waals surface area contributed by atoms with Gasteiger partial charge in [-0.15, -0.1) is 0 Å². The van der Waals surface area contributed by atoms with Crippen LogP contribution in [0.1, 0.15) is 53.0 Å². The lowest BCUT2D eigenvalue weighted by Crippen LogP contribution is -2.14. The van der Waals surface area contributed by atoms with Gasteiger partial charge in [-0.05, 0) is 56.2 Å². The number of carboxylic acids is 2. The Hall–Kier alpha value is -2.99. The summed E-state index contributed by atoms with van der Waals surface area (Å²) in [6.07, 6.45) is 0. The Morgan fingerprint density at radius 3 is 2.32 bits per heavy atom. The number of aromatic hydroxyl groups is 1. The number of aliphatic carboxylic acids is 1. The molecule has 0 bridgehead atoms.